The number of carbonyl (C=O) groups excluding carboxylic acids is 1. The van der Waals surface area contributed by atoms with Crippen LogP contribution in [0.5, 0.6) is 0 Å². The van der Waals surface area contributed by atoms with Gasteiger partial charge in [-0.2, -0.15) is 0 Å². The SMILES string of the molecule is NC(=O)c1cccc(CN2CCC3(CC2)C[C@@H]3c2nnc(-c3cccc(F)c3)o2)c1. The molecule has 0 radical (unpaired) electrons. The molecule has 30 heavy (non-hydrogen) atoms. The van der Waals surface area contributed by atoms with Crippen molar-refractivity contribution in [3.63, 3.8) is 0 Å². The quantitative estimate of drug-likeness (QED) is 0.698. The van der Waals surface area contributed by atoms with E-state index < -0.39 is 5.91 Å². The summed E-state index contributed by atoms with van der Waals surface area (Å²) in [5, 5.41) is 8.38. The van der Waals surface area contributed by atoms with Crippen molar-refractivity contribution in [2.45, 2.75) is 31.7 Å². The molecule has 2 aromatic carbocycles. The van der Waals surface area contributed by atoms with E-state index in [2.05, 4.69) is 15.1 Å². The van der Waals surface area contributed by atoms with Crippen LogP contribution in [0.15, 0.2) is 52.9 Å². The van der Waals surface area contributed by atoms with Gasteiger partial charge in [0.2, 0.25) is 17.7 Å². The number of halogens is 1. The molecule has 1 saturated heterocycles. The maximum absolute atomic E-state index is 13.5. The molecule has 1 atom stereocenters. The maximum Gasteiger partial charge on any atom is 0.248 e. The first-order chi connectivity index (χ1) is 14.5. The number of nitrogens with two attached hydrogens (primary N) is 1. The van der Waals surface area contributed by atoms with Crippen LogP contribution < -0.4 is 5.73 Å². The molecule has 2 N–H and O–H groups in total. The Labute approximate surface area is 173 Å². The lowest BCUT2D eigenvalue weighted by Gasteiger charge is -2.32. The normalized spacial score (nSPS) is 20.4. The van der Waals surface area contributed by atoms with E-state index in [0.29, 0.717) is 22.9 Å². The minimum absolute atomic E-state index is 0.233. The zero-order valence-electron chi connectivity index (χ0n) is 16.6. The Morgan fingerprint density at radius 3 is 2.73 bits per heavy atom. The number of piperidine rings is 1. The largest absolute Gasteiger partial charge is 0.420 e. The Balaban J connectivity index is 1.21. The fraction of sp³-hybridized carbons (Fsp3) is 0.348. The minimum atomic E-state index is -0.396. The van der Waals surface area contributed by atoms with E-state index in [0.717, 1.165) is 44.5 Å². The zero-order valence-corrected chi connectivity index (χ0v) is 16.6. The predicted octanol–water partition coefficient (Wildman–Crippen LogP) is 3.74. The molecule has 6 nitrogen and oxygen atoms in total. The second-order valence-corrected chi connectivity index (χ2v) is 8.42. The third kappa shape index (κ3) is 3.61. The number of benzene rings is 2. The third-order valence-corrected chi connectivity index (χ3v) is 6.47. The molecule has 5 rings (SSSR count). The average Bonchev–Trinajstić information content (AvgIpc) is 3.21. The molecule has 1 aliphatic carbocycles. The number of nitrogens with zero attached hydrogens (tertiary/aromatic N) is 3. The fourth-order valence-electron chi connectivity index (χ4n) is 4.60. The van der Waals surface area contributed by atoms with E-state index >= 15 is 0 Å². The van der Waals surface area contributed by atoms with Gasteiger partial charge in [0.05, 0.1) is 0 Å². The summed E-state index contributed by atoms with van der Waals surface area (Å²) in [6.45, 7) is 2.79. The summed E-state index contributed by atoms with van der Waals surface area (Å²) in [5.41, 5.74) is 7.88. The van der Waals surface area contributed by atoms with Crippen LogP contribution in [0.1, 0.15) is 47.0 Å². The van der Waals surface area contributed by atoms with Crippen molar-refractivity contribution in [3.05, 3.63) is 71.4 Å². The van der Waals surface area contributed by atoms with Gasteiger partial charge in [-0.05, 0) is 73.7 Å². The van der Waals surface area contributed by atoms with Gasteiger partial charge in [0.1, 0.15) is 5.82 Å². The van der Waals surface area contributed by atoms with Gasteiger partial charge in [0.25, 0.3) is 0 Å². The summed E-state index contributed by atoms with van der Waals surface area (Å²) in [4.78, 5) is 13.8. The second-order valence-electron chi connectivity index (χ2n) is 8.42. The molecule has 1 amide bonds. The summed E-state index contributed by atoms with van der Waals surface area (Å²) in [5.74, 6) is 0.610. The Bertz CT molecular complexity index is 1090. The highest BCUT2D eigenvalue weighted by atomic mass is 19.1. The van der Waals surface area contributed by atoms with E-state index in [4.69, 9.17) is 10.2 Å². The molecule has 1 aromatic heterocycles. The Morgan fingerprint density at radius 2 is 1.97 bits per heavy atom. The summed E-state index contributed by atoms with van der Waals surface area (Å²) >= 11 is 0. The van der Waals surface area contributed by atoms with E-state index in [9.17, 15) is 9.18 Å². The van der Waals surface area contributed by atoms with Crippen LogP contribution >= 0.6 is 0 Å². The molecule has 7 heteroatoms. The number of likely N-dealkylation sites (tertiary alicyclic amines) is 1. The van der Waals surface area contributed by atoms with E-state index in [1.54, 1.807) is 18.2 Å². The first-order valence-corrected chi connectivity index (χ1v) is 10.2. The molecule has 1 spiro atoms. The maximum atomic E-state index is 13.5. The number of carbonyl (C=O) groups is 1. The topological polar surface area (TPSA) is 85.3 Å². The lowest BCUT2D eigenvalue weighted by atomic mass is 9.90. The summed E-state index contributed by atoms with van der Waals surface area (Å²) < 4.78 is 19.3. The number of hydrogen-bond acceptors (Lipinski definition) is 5. The summed E-state index contributed by atoms with van der Waals surface area (Å²) in [6, 6.07) is 13.7. The standard InChI is InChI=1S/C23H23FN4O2/c24-18-6-2-5-17(12-18)21-26-27-22(30-21)19-13-23(19)7-9-28(10-8-23)14-15-3-1-4-16(11-15)20(25)29/h1-6,11-12,19H,7-10,13-14H2,(H2,25,29)/t19-/m1/s1. The highest BCUT2D eigenvalue weighted by Crippen LogP contribution is 2.64. The Morgan fingerprint density at radius 1 is 1.17 bits per heavy atom. The molecule has 1 aliphatic heterocycles. The molecule has 0 unspecified atom stereocenters. The van der Waals surface area contributed by atoms with Crippen LogP contribution in [-0.2, 0) is 6.54 Å². The van der Waals surface area contributed by atoms with Crippen LogP contribution in [0.3, 0.4) is 0 Å². The molecule has 0 bridgehead atoms. The minimum Gasteiger partial charge on any atom is -0.420 e. The van der Waals surface area contributed by atoms with Crippen molar-refractivity contribution in [1.29, 1.82) is 0 Å². The van der Waals surface area contributed by atoms with Gasteiger partial charge in [-0.25, -0.2) is 4.39 Å². The zero-order chi connectivity index (χ0) is 20.7. The number of aromatic nitrogens is 2. The van der Waals surface area contributed by atoms with Crippen molar-refractivity contribution >= 4 is 5.91 Å². The number of rotatable bonds is 5. The smallest absolute Gasteiger partial charge is 0.248 e. The number of primary amides is 1. The van der Waals surface area contributed by atoms with Gasteiger partial charge in [0, 0.05) is 23.6 Å². The Kier molecular flexibility index (Phi) is 4.62. The first kappa shape index (κ1) is 18.9. The van der Waals surface area contributed by atoms with E-state index in [-0.39, 0.29) is 17.2 Å². The van der Waals surface area contributed by atoms with Crippen molar-refractivity contribution in [1.82, 2.24) is 15.1 Å². The Hall–Kier alpha value is -3.06. The lowest BCUT2D eigenvalue weighted by molar-refractivity contribution is 0.1000. The van der Waals surface area contributed by atoms with Gasteiger partial charge in [-0.3, -0.25) is 9.69 Å². The van der Waals surface area contributed by atoms with Crippen LogP contribution in [0.2, 0.25) is 0 Å². The van der Waals surface area contributed by atoms with Crippen molar-refractivity contribution in [2.24, 2.45) is 11.1 Å². The molecular formula is C23H23FN4O2. The monoisotopic (exact) mass is 406 g/mol. The molecule has 154 valence electrons. The lowest BCUT2D eigenvalue weighted by Crippen LogP contribution is -2.34. The summed E-state index contributed by atoms with van der Waals surface area (Å²) in [7, 11) is 0. The molecular weight excluding hydrogens is 383 g/mol. The number of hydrogen-bond donors (Lipinski definition) is 1. The first-order valence-electron chi connectivity index (χ1n) is 10.2. The van der Waals surface area contributed by atoms with Gasteiger partial charge < -0.3 is 10.2 Å². The highest BCUT2D eigenvalue weighted by Gasteiger charge is 2.58. The van der Waals surface area contributed by atoms with Gasteiger partial charge in [0.15, 0.2) is 0 Å². The predicted molar refractivity (Wildman–Crippen MR) is 109 cm³/mol. The van der Waals surface area contributed by atoms with Gasteiger partial charge in [-0.15, -0.1) is 10.2 Å². The molecule has 1 saturated carbocycles. The average molecular weight is 406 g/mol. The van der Waals surface area contributed by atoms with Crippen LogP contribution in [0.4, 0.5) is 4.39 Å². The van der Waals surface area contributed by atoms with E-state index in [1.807, 2.05) is 18.2 Å². The summed E-state index contributed by atoms with van der Waals surface area (Å²) in [6.07, 6.45) is 3.21. The second kappa shape index (κ2) is 7.32. The highest BCUT2D eigenvalue weighted by molar-refractivity contribution is 5.92. The molecule has 2 heterocycles. The van der Waals surface area contributed by atoms with Crippen LogP contribution in [0.25, 0.3) is 11.5 Å². The third-order valence-electron chi connectivity index (χ3n) is 6.47. The molecule has 2 fully saturated rings. The van der Waals surface area contributed by atoms with Crippen molar-refractivity contribution in [2.75, 3.05) is 13.1 Å². The van der Waals surface area contributed by atoms with Crippen LogP contribution in [-0.4, -0.2) is 34.1 Å². The van der Waals surface area contributed by atoms with Crippen molar-refractivity contribution in [3.8, 4) is 11.5 Å². The van der Waals surface area contributed by atoms with Gasteiger partial charge in [-0.1, -0.05) is 18.2 Å². The molecule has 3 aromatic rings. The van der Waals surface area contributed by atoms with Crippen LogP contribution in [0, 0.1) is 11.2 Å². The van der Waals surface area contributed by atoms with Gasteiger partial charge >= 0.3 is 0 Å². The molecule has 2 aliphatic rings. The number of amides is 1. The van der Waals surface area contributed by atoms with Crippen molar-refractivity contribution < 1.29 is 13.6 Å². The fourth-order valence-corrected chi connectivity index (χ4v) is 4.60. The van der Waals surface area contributed by atoms with E-state index in [1.165, 1.54) is 12.1 Å².